The van der Waals surface area contributed by atoms with Gasteiger partial charge in [-0.1, -0.05) is 0 Å². The number of amides is 1. The summed E-state index contributed by atoms with van der Waals surface area (Å²) in [5.41, 5.74) is 3.55. The highest BCUT2D eigenvalue weighted by atomic mass is 32.2. The van der Waals surface area contributed by atoms with E-state index in [4.69, 9.17) is 0 Å². The molecular formula is C24H26N8O5S. The molecule has 5 heterocycles. The van der Waals surface area contributed by atoms with Gasteiger partial charge >= 0.3 is 0 Å². The van der Waals surface area contributed by atoms with E-state index < -0.39 is 38.6 Å². The van der Waals surface area contributed by atoms with Crippen molar-refractivity contribution in [1.29, 1.82) is 0 Å². The van der Waals surface area contributed by atoms with Gasteiger partial charge in [0.25, 0.3) is 0 Å². The largest absolute Gasteiger partial charge is 0.388 e. The third-order valence-corrected chi connectivity index (χ3v) is 8.77. The van der Waals surface area contributed by atoms with Gasteiger partial charge < -0.3 is 20.8 Å². The highest BCUT2D eigenvalue weighted by molar-refractivity contribution is 7.93. The number of nitrogens with one attached hydrogen (secondary N) is 2. The van der Waals surface area contributed by atoms with E-state index in [0.717, 1.165) is 21.4 Å². The molecule has 0 saturated carbocycles. The summed E-state index contributed by atoms with van der Waals surface area (Å²) in [6.07, 6.45) is 2.52. The van der Waals surface area contributed by atoms with Crippen LogP contribution < -0.4 is 10.6 Å². The number of carbonyl (C=O) groups is 1. The molecule has 1 fully saturated rings. The van der Waals surface area contributed by atoms with Gasteiger partial charge in [0.2, 0.25) is 5.91 Å². The number of hydrogen-bond acceptors (Lipinski definition) is 11. The number of aliphatic hydroxyl groups is 2. The van der Waals surface area contributed by atoms with Gasteiger partial charge in [-0.2, -0.15) is 0 Å². The molecule has 0 radical (unpaired) electrons. The minimum atomic E-state index is -4.40. The van der Waals surface area contributed by atoms with Crippen LogP contribution in [0.4, 0.5) is 5.82 Å². The second-order valence-electron chi connectivity index (χ2n) is 9.14. The lowest BCUT2D eigenvalue weighted by Crippen LogP contribution is -2.43. The van der Waals surface area contributed by atoms with Crippen molar-refractivity contribution >= 4 is 32.7 Å². The molecule has 0 unspecified atom stereocenters. The van der Waals surface area contributed by atoms with Crippen LogP contribution in [0.1, 0.15) is 22.2 Å². The monoisotopic (exact) mass is 538 g/mol. The third kappa shape index (κ3) is 4.36. The van der Waals surface area contributed by atoms with Gasteiger partial charge in [0.15, 0.2) is 43.3 Å². The van der Waals surface area contributed by atoms with Crippen LogP contribution in [0.5, 0.6) is 0 Å². The first kappa shape index (κ1) is 25.6. The van der Waals surface area contributed by atoms with E-state index in [9.17, 15) is 23.4 Å². The number of aryl methyl sites for hydroxylation is 2. The van der Waals surface area contributed by atoms with E-state index in [2.05, 4.69) is 35.6 Å². The normalized spacial score (nSPS) is 22.4. The number of aliphatic hydroxyl groups excluding tert-OH is 2. The maximum Gasteiger partial charge on any atom is 0.240 e. The van der Waals surface area contributed by atoms with Gasteiger partial charge in [0.1, 0.15) is 12.2 Å². The van der Waals surface area contributed by atoms with Crippen molar-refractivity contribution in [2.45, 2.75) is 43.2 Å². The lowest BCUT2D eigenvalue weighted by molar-refractivity contribution is -0.123. The molecule has 14 heteroatoms. The molecule has 0 spiro atoms. The topological polar surface area (TPSA) is 185 Å². The fraction of sp³-hybridized carbons (Fsp3) is 0.333. The van der Waals surface area contributed by atoms with Crippen LogP contribution in [0.25, 0.3) is 22.6 Å². The zero-order valence-corrected chi connectivity index (χ0v) is 21.6. The number of carbonyl (C=O) groups excluding carboxylic acids is 1. The van der Waals surface area contributed by atoms with Gasteiger partial charge in [0, 0.05) is 31.2 Å². The first-order chi connectivity index (χ1) is 18.1. The van der Waals surface area contributed by atoms with Crippen molar-refractivity contribution in [2.24, 2.45) is 0 Å². The SMILES string of the molecule is CNC(=O)[C@@H]1[C@@H](O)[C@@H](O)[C@H](n2cnc3c(NCc4cc(C)ccn4)nc(-c4cncc(C)c4)nc32)S1(=O)=O. The molecule has 0 aromatic carbocycles. The first-order valence-corrected chi connectivity index (χ1v) is 13.3. The Bertz CT molecular complexity index is 1640. The molecule has 4 N–H and O–H groups in total. The molecule has 38 heavy (non-hydrogen) atoms. The predicted octanol–water partition coefficient (Wildman–Crippen LogP) is 0.276. The molecule has 1 amide bonds. The van der Waals surface area contributed by atoms with Gasteiger partial charge in [-0.25, -0.2) is 23.4 Å². The zero-order chi connectivity index (χ0) is 27.2. The summed E-state index contributed by atoms with van der Waals surface area (Å²) in [5.74, 6) is -0.372. The number of anilines is 1. The Morgan fingerprint density at radius 2 is 1.87 bits per heavy atom. The first-order valence-electron chi connectivity index (χ1n) is 11.7. The molecule has 4 aromatic heterocycles. The molecular weight excluding hydrogens is 512 g/mol. The average molecular weight is 539 g/mol. The summed E-state index contributed by atoms with van der Waals surface area (Å²) in [6, 6.07) is 5.62. The summed E-state index contributed by atoms with van der Waals surface area (Å²) in [6.45, 7) is 4.12. The van der Waals surface area contributed by atoms with Crippen LogP contribution in [0.15, 0.2) is 43.1 Å². The van der Waals surface area contributed by atoms with E-state index >= 15 is 0 Å². The van der Waals surface area contributed by atoms with Crippen molar-refractivity contribution in [2.75, 3.05) is 12.4 Å². The van der Waals surface area contributed by atoms with Gasteiger partial charge in [0.05, 0.1) is 18.6 Å². The minimum Gasteiger partial charge on any atom is -0.388 e. The van der Waals surface area contributed by atoms with Crippen LogP contribution in [-0.2, 0) is 21.2 Å². The number of imidazole rings is 1. The van der Waals surface area contributed by atoms with Crippen molar-refractivity contribution in [3.63, 3.8) is 0 Å². The number of fused-ring (bicyclic) bond motifs is 1. The van der Waals surface area contributed by atoms with E-state index in [1.54, 1.807) is 18.6 Å². The smallest absolute Gasteiger partial charge is 0.240 e. The van der Waals surface area contributed by atoms with Crippen LogP contribution in [0.2, 0.25) is 0 Å². The Hall–Kier alpha value is -4.01. The Morgan fingerprint density at radius 1 is 1.08 bits per heavy atom. The Labute approximate surface area is 217 Å². The molecule has 1 aliphatic rings. The molecule has 4 atom stereocenters. The molecule has 0 bridgehead atoms. The molecule has 198 valence electrons. The molecule has 13 nitrogen and oxygen atoms in total. The highest BCUT2D eigenvalue weighted by Crippen LogP contribution is 2.38. The molecule has 1 saturated heterocycles. The van der Waals surface area contributed by atoms with E-state index in [0.29, 0.717) is 17.9 Å². The molecule has 1 aliphatic heterocycles. The predicted molar refractivity (Wildman–Crippen MR) is 137 cm³/mol. The lowest BCUT2D eigenvalue weighted by atomic mass is 10.1. The minimum absolute atomic E-state index is 0.0913. The zero-order valence-electron chi connectivity index (χ0n) is 20.8. The average Bonchev–Trinajstić information content (AvgIpc) is 3.37. The maximum atomic E-state index is 13.4. The van der Waals surface area contributed by atoms with Crippen LogP contribution in [-0.4, -0.2) is 78.5 Å². The number of rotatable bonds is 6. The van der Waals surface area contributed by atoms with Crippen LogP contribution in [0.3, 0.4) is 0 Å². The van der Waals surface area contributed by atoms with Gasteiger partial charge in [-0.05, 0) is 43.2 Å². The van der Waals surface area contributed by atoms with Crippen molar-refractivity contribution in [3.8, 4) is 11.4 Å². The van der Waals surface area contributed by atoms with Crippen molar-refractivity contribution < 1.29 is 23.4 Å². The van der Waals surface area contributed by atoms with Gasteiger partial charge in [-0.15, -0.1) is 0 Å². The molecule has 5 rings (SSSR count). The fourth-order valence-electron chi connectivity index (χ4n) is 4.56. The Morgan fingerprint density at radius 3 is 2.58 bits per heavy atom. The second kappa shape index (κ2) is 9.70. The number of nitrogens with zero attached hydrogens (tertiary/aromatic N) is 6. The number of hydrogen-bond donors (Lipinski definition) is 4. The Balaban J connectivity index is 1.65. The fourth-order valence-corrected chi connectivity index (χ4v) is 6.84. The van der Waals surface area contributed by atoms with E-state index in [-0.39, 0.29) is 17.0 Å². The summed E-state index contributed by atoms with van der Waals surface area (Å²) in [7, 11) is -3.14. The Kier molecular flexibility index (Phi) is 6.54. The summed E-state index contributed by atoms with van der Waals surface area (Å²) in [4.78, 5) is 34.4. The molecule has 4 aromatic rings. The van der Waals surface area contributed by atoms with Crippen LogP contribution in [0, 0.1) is 13.8 Å². The van der Waals surface area contributed by atoms with E-state index in [1.807, 2.05) is 32.0 Å². The maximum absolute atomic E-state index is 13.4. The number of pyridine rings is 2. The quantitative estimate of drug-likeness (QED) is 0.264. The third-order valence-electron chi connectivity index (χ3n) is 6.39. The van der Waals surface area contributed by atoms with Crippen molar-refractivity contribution in [1.82, 2.24) is 34.8 Å². The second-order valence-corrected chi connectivity index (χ2v) is 11.3. The summed E-state index contributed by atoms with van der Waals surface area (Å²) in [5, 5.41) is 23.2. The van der Waals surface area contributed by atoms with Crippen LogP contribution >= 0.6 is 0 Å². The lowest BCUT2D eigenvalue weighted by Gasteiger charge is -2.17. The number of aromatic nitrogens is 6. The summed E-state index contributed by atoms with van der Waals surface area (Å²) >= 11 is 0. The number of sulfone groups is 1. The highest BCUT2D eigenvalue weighted by Gasteiger charge is 2.58. The standard InChI is InChI=1S/C24H26N8O5S/c1-12-4-5-27-15(7-12)10-28-21-16-22(31-20(30-21)14-6-13(2)8-26-9-14)32(11-29-16)24-18(34)17(33)19(23(35)25-3)38(24,36)37/h4-9,11,17-19,24,33-34H,10H2,1-3H3,(H,25,35)(H,28,30,31)/t17-,18+,19-,24+/m0/s1. The molecule has 0 aliphatic carbocycles. The van der Waals surface area contributed by atoms with Crippen molar-refractivity contribution in [3.05, 3.63) is 59.9 Å². The summed E-state index contributed by atoms with van der Waals surface area (Å²) < 4.78 is 27.9. The van der Waals surface area contributed by atoms with Gasteiger partial charge in [-0.3, -0.25) is 19.3 Å². The van der Waals surface area contributed by atoms with E-state index in [1.165, 1.54) is 13.4 Å².